The van der Waals surface area contributed by atoms with Crippen molar-refractivity contribution in [1.82, 2.24) is 0 Å². The van der Waals surface area contributed by atoms with Crippen LogP contribution < -0.4 is 0 Å². The van der Waals surface area contributed by atoms with Gasteiger partial charge in [-0.05, 0) is 38.5 Å². The van der Waals surface area contributed by atoms with Crippen LogP contribution in [0.2, 0.25) is 0 Å². The maximum absolute atomic E-state index is 5.39. The first-order chi connectivity index (χ1) is 9.77. The van der Waals surface area contributed by atoms with Crippen molar-refractivity contribution in [2.24, 2.45) is 0 Å². The SMILES string of the molecule is S=c1sc(CCCCCCBr)c(CCCCCCBr)s1. The van der Waals surface area contributed by atoms with Crippen LogP contribution in [0.1, 0.15) is 61.1 Å². The van der Waals surface area contributed by atoms with E-state index in [1.54, 1.807) is 9.75 Å². The average Bonchev–Trinajstić information content (AvgIpc) is 2.79. The van der Waals surface area contributed by atoms with Crippen LogP contribution in [-0.4, -0.2) is 10.7 Å². The minimum atomic E-state index is 1.12. The van der Waals surface area contributed by atoms with E-state index in [2.05, 4.69) is 31.9 Å². The zero-order valence-corrected chi connectivity index (χ0v) is 17.6. The maximum Gasteiger partial charge on any atom is 0.144 e. The Morgan fingerprint density at radius 1 is 0.650 bits per heavy atom. The molecule has 1 aromatic heterocycles. The van der Waals surface area contributed by atoms with Crippen molar-refractivity contribution in [3.63, 3.8) is 0 Å². The van der Waals surface area contributed by atoms with Crippen LogP contribution in [0, 0.1) is 3.14 Å². The van der Waals surface area contributed by atoms with Gasteiger partial charge in [-0.25, -0.2) is 0 Å². The predicted octanol–water partition coefficient (Wildman–Crippen LogP) is 7.53. The van der Waals surface area contributed by atoms with Gasteiger partial charge in [-0.15, -0.1) is 22.7 Å². The van der Waals surface area contributed by atoms with Crippen LogP contribution in [0.15, 0.2) is 0 Å². The molecule has 0 aliphatic heterocycles. The van der Waals surface area contributed by atoms with Crippen LogP contribution in [0.3, 0.4) is 0 Å². The average molecular weight is 460 g/mol. The molecule has 0 aliphatic rings. The van der Waals surface area contributed by atoms with Gasteiger partial charge in [-0.3, -0.25) is 0 Å². The Labute approximate surface area is 153 Å². The van der Waals surface area contributed by atoms with Crippen molar-refractivity contribution >= 4 is 66.8 Å². The third-order valence-electron chi connectivity index (χ3n) is 3.30. The smallest absolute Gasteiger partial charge is 0.118 e. The van der Waals surface area contributed by atoms with Gasteiger partial charge in [0.25, 0.3) is 0 Å². The molecule has 0 saturated heterocycles. The topological polar surface area (TPSA) is 0 Å². The molecule has 0 saturated carbocycles. The number of unbranched alkanes of at least 4 members (excludes halogenated alkanes) is 6. The zero-order chi connectivity index (χ0) is 14.6. The molecule has 1 rings (SSSR count). The Morgan fingerprint density at radius 2 is 1.05 bits per heavy atom. The lowest BCUT2D eigenvalue weighted by Crippen LogP contribution is -1.90. The highest BCUT2D eigenvalue weighted by atomic mass is 79.9. The largest absolute Gasteiger partial charge is 0.144 e. The van der Waals surface area contributed by atoms with Gasteiger partial charge in [0.15, 0.2) is 0 Å². The second kappa shape index (κ2) is 12.7. The van der Waals surface area contributed by atoms with Crippen molar-refractivity contribution < 1.29 is 0 Å². The fourth-order valence-corrected chi connectivity index (χ4v) is 5.93. The second-order valence-corrected chi connectivity index (χ2v) is 9.99. The lowest BCUT2D eigenvalue weighted by atomic mass is 10.1. The summed E-state index contributed by atoms with van der Waals surface area (Å²) in [4.78, 5) is 3.17. The minimum Gasteiger partial charge on any atom is -0.118 e. The first kappa shape index (κ1) is 19.3. The summed E-state index contributed by atoms with van der Waals surface area (Å²) in [5, 5.41) is 2.29. The first-order valence-corrected chi connectivity index (χ1v) is 11.8. The lowest BCUT2D eigenvalue weighted by molar-refractivity contribution is 0.661. The monoisotopic (exact) mass is 458 g/mol. The molecule has 0 aliphatic carbocycles. The zero-order valence-electron chi connectivity index (χ0n) is 12.0. The van der Waals surface area contributed by atoms with Gasteiger partial charge in [0.05, 0.1) is 0 Å². The molecule has 0 N–H and O–H groups in total. The quantitative estimate of drug-likeness (QED) is 0.176. The van der Waals surface area contributed by atoms with E-state index in [9.17, 15) is 0 Å². The molecular weight excluding hydrogens is 436 g/mol. The van der Waals surface area contributed by atoms with Gasteiger partial charge in [0.2, 0.25) is 0 Å². The fourth-order valence-electron chi connectivity index (χ4n) is 2.18. The van der Waals surface area contributed by atoms with Crippen molar-refractivity contribution in [3.05, 3.63) is 12.9 Å². The van der Waals surface area contributed by atoms with Crippen molar-refractivity contribution in [1.29, 1.82) is 0 Å². The van der Waals surface area contributed by atoms with Crippen LogP contribution in [0.4, 0.5) is 0 Å². The Hall–Kier alpha value is 1.23. The summed E-state index contributed by atoms with van der Waals surface area (Å²) in [6, 6.07) is 0. The first-order valence-electron chi connectivity index (χ1n) is 7.51. The highest BCUT2D eigenvalue weighted by molar-refractivity contribution is 9.09. The Bertz CT molecular complexity index is 364. The van der Waals surface area contributed by atoms with Crippen molar-refractivity contribution in [3.8, 4) is 0 Å². The molecule has 0 amide bonds. The van der Waals surface area contributed by atoms with Gasteiger partial charge in [-0.1, -0.05) is 69.8 Å². The molecule has 0 fully saturated rings. The van der Waals surface area contributed by atoms with E-state index in [-0.39, 0.29) is 0 Å². The summed E-state index contributed by atoms with van der Waals surface area (Å²) in [5.41, 5.74) is 0. The molecule has 116 valence electrons. The number of hydrogen-bond donors (Lipinski definition) is 0. The Balaban J connectivity index is 2.29. The summed E-state index contributed by atoms with van der Waals surface area (Å²) >= 11 is 16.1. The predicted molar refractivity (Wildman–Crippen MR) is 105 cm³/mol. The normalized spacial score (nSPS) is 11.1. The van der Waals surface area contributed by atoms with E-state index in [0.717, 1.165) is 13.8 Å². The van der Waals surface area contributed by atoms with Crippen molar-refractivity contribution in [2.75, 3.05) is 10.7 Å². The fraction of sp³-hybridized carbons (Fsp3) is 0.800. The molecule has 0 bridgehead atoms. The number of alkyl halides is 2. The van der Waals surface area contributed by atoms with Gasteiger partial charge >= 0.3 is 0 Å². The van der Waals surface area contributed by atoms with E-state index in [1.807, 2.05) is 22.7 Å². The molecular formula is C15H24Br2S3. The van der Waals surface area contributed by atoms with E-state index < -0.39 is 0 Å². The third-order valence-corrected chi connectivity index (χ3v) is 7.28. The molecule has 0 spiro atoms. The van der Waals surface area contributed by atoms with Gasteiger partial charge in [-0.2, -0.15) is 0 Å². The molecule has 5 heteroatoms. The minimum absolute atomic E-state index is 1.12. The lowest BCUT2D eigenvalue weighted by Gasteiger charge is -2.03. The summed E-state index contributed by atoms with van der Waals surface area (Å²) < 4.78 is 1.12. The van der Waals surface area contributed by atoms with Crippen molar-refractivity contribution in [2.45, 2.75) is 64.2 Å². The van der Waals surface area contributed by atoms with E-state index in [0.29, 0.717) is 0 Å². The molecule has 0 radical (unpaired) electrons. The molecule has 1 heterocycles. The highest BCUT2D eigenvalue weighted by Gasteiger charge is 2.07. The third kappa shape index (κ3) is 8.62. The second-order valence-electron chi connectivity index (χ2n) is 5.01. The number of hydrogen-bond acceptors (Lipinski definition) is 3. The Kier molecular flexibility index (Phi) is 12.3. The molecule has 0 unspecified atom stereocenters. The Morgan fingerprint density at radius 3 is 1.45 bits per heavy atom. The molecule has 20 heavy (non-hydrogen) atoms. The highest BCUT2D eigenvalue weighted by Crippen LogP contribution is 2.28. The summed E-state index contributed by atoms with van der Waals surface area (Å²) in [6.07, 6.45) is 13.2. The van der Waals surface area contributed by atoms with E-state index in [4.69, 9.17) is 12.2 Å². The number of halogens is 2. The summed E-state index contributed by atoms with van der Waals surface area (Å²) in [6.45, 7) is 0. The molecule has 0 atom stereocenters. The van der Waals surface area contributed by atoms with Crippen LogP contribution in [0.25, 0.3) is 0 Å². The maximum atomic E-state index is 5.39. The van der Waals surface area contributed by atoms with Crippen LogP contribution >= 0.6 is 66.8 Å². The van der Waals surface area contributed by atoms with E-state index in [1.165, 1.54) is 64.2 Å². The molecule has 0 nitrogen and oxygen atoms in total. The summed E-state index contributed by atoms with van der Waals surface area (Å²) in [7, 11) is 0. The number of aryl methyl sites for hydroxylation is 2. The van der Waals surface area contributed by atoms with Crippen LogP contribution in [-0.2, 0) is 12.8 Å². The van der Waals surface area contributed by atoms with Gasteiger partial charge in [0.1, 0.15) is 3.14 Å². The van der Waals surface area contributed by atoms with Gasteiger partial charge in [0, 0.05) is 20.4 Å². The molecule has 0 aromatic carbocycles. The van der Waals surface area contributed by atoms with Gasteiger partial charge < -0.3 is 0 Å². The standard InChI is InChI=1S/C15H24Br2S3/c16-11-7-3-1-5-9-13-14(20-15(18)19-13)10-6-2-4-8-12-17/h1-12H2. The van der Waals surface area contributed by atoms with Crippen LogP contribution in [0.5, 0.6) is 0 Å². The van der Waals surface area contributed by atoms with E-state index >= 15 is 0 Å². The summed E-state index contributed by atoms with van der Waals surface area (Å²) in [5.74, 6) is 0. The molecule has 1 aromatic rings. The number of rotatable bonds is 12.